The van der Waals surface area contributed by atoms with Crippen LogP contribution in [0.25, 0.3) is 6.08 Å². The van der Waals surface area contributed by atoms with Crippen molar-refractivity contribution >= 4 is 29.4 Å². The Bertz CT molecular complexity index is 2040. The van der Waals surface area contributed by atoms with Crippen LogP contribution in [-0.2, 0) is 9.53 Å². The monoisotopic (exact) mass is 606 g/mol. The van der Waals surface area contributed by atoms with Crippen LogP contribution in [0.1, 0.15) is 41.6 Å². The molecule has 5 aromatic rings. The summed E-state index contributed by atoms with van der Waals surface area (Å²) in [5.74, 6) is 0.473. The van der Waals surface area contributed by atoms with Crippen molar-refractivity contribution in [2.75, 3.05) is 6.61 Å². The lowest BCUT2D eigenvalue weighted by Crippen LogP contribution is -2.39. The highest BCUT2D eigenvalue weighted by Gasteiger charge is 2.33. The van der Waals surface area contributed by atoms with E-state index < -0.39 is 18.0 Å². The number of carbonyl (C=O) groups excluding carboxylic acids is 2. The van der Waals surface area contributed by atoms with E-state index in [4.69, 9.17) is 18.6 Å². The number of allylic oxidation sites excluding steroid dienone is 1. The minimum absolute atomic E-state index is 0.0709. The average Bonchev–Trinajstić information content (AvgIpc) is 3.66. The maximum Gasteiger partial charge on any atom is 0.379 e. The van der Waals surface area contributed by atoms with Crippen LogP contribution >= 0.6 is 11.3 Å². The van der Waals surface area contributed by atoms with E-state index in [0.29, 0.717) is 32.1 Å². The second kappa shape index (κ2) is 12.4. The molecule has 3 heterocycles. The minimum atomic E-state index is -0.810. The van der Waals surface area contributed by atoms with Gasteiger partial charge in [-0.1, -0.05) is 53.8 Å². The number of hydrogen-bond donors (Lipinski definition) is 0. The number of para-hydroxylation sites is 1. The maximum atomic E-state index is 14.0. The second-order valence-electron chi connectivity index (χ2n) is 9.73. The molecule has 0 saturated heterocycles. The van der Waals surface area contributed by atoms with Gasteiger partial charge in [-0.25, -0.2) is 14.6 Å². The highest BCUT2D eigenvalue weighted by atomic mass is 32.1. The molecule has 1 aliphatic rings. The molecule has 2 aromatic heterocycles. The first kappa shape index (κ1) is 28.6. The topological polar surface area (TPSA) is 109 Å². The quantitative estimate of drug-likeness (QED) is 0.172. The highest BCUT2D eigenvalue weighted by Crippen LogP contribution is 2.32. The standard InChI is InChI=1S/C34H26N2O7S/c1-3-40-33(39)29-21(2)35-34-36(30(29)23-14-16-25(17-15-23)43-32(38)27-13-8-18-41-27)31(37)28(44-34)20-22-9-7-12-26(19-22)42-24-10-5-4-6-11-24/h4-20,30H,3H2,1-2H3/b28-20+/t30-/m0/s1. The number of nitrogens with zero attached hydrogens (tertiary/aromatic N) is 2. The van der Waals surface area contributed by atoms with Crippen molar-refractivity contribution in [3.8, 4) is 17.2 Å². The molecule has 0 aliphatic carbocycles. The lowest BCUT2D eigenvalue weighted by molar-refractivity contribution is -0.139. The van der Waals surface area contributed by atoms with E-state index in [1.807, 2.05) is 54.6 Å². The fraction of sp³-hybridized carbons (Fsp3) is 0.118. The summed E-state index contributed by atoms with van der Waals surface area (Å²) in [6.45, 7) is 3.60. The number of hydrogen-bond acceptors (Lipinski definition) is 9. The Morgan fingerprint density at radius 2 is 1.70 bits per heavy atom. The van der Waals surface area contributed by atoms with Gasteiger partial charge in [-0.15, -0.1) is 0 Å². The Morgan fingerprint density at radius 3 is 2.43 bits per heavy atom. The summed E-state index contributed by atoms with van der Waals surface area (Å²) in [6, 6.07) is 25.8. The molecule has 10 heteroatoms. The van der Waals surface area contributed by atoms with Gasteiger partial charge in [0.25, 0.3) is 5.56 Å². The molecule has 220 valence electrons. The smallest absolute Gasteiger partial charge is 0.379 e. The van der Waals surface area contributed by atoms with Gasteiger partial charge in [-0.2, -0.15) is 0 Å². The molecule has 0 unspecified atom stereocenters. The fourth-order valence-corrected chi connectivity index (χ4v) is 5.87. The third-order valence-corrected chi connectivity index (χ3v) is 7.76. The molecule has 0 amide bonds. The number of thiazole rings is 1. The van der Waals surface area contributed by atoms with Crippen molar-refractivity contribution in [1.82, 2.24) is 4.57 Å². The first-order valence-corrected chi connectivity index (χ1v) is 14.6. The molecule has 9 nitrogen and oxygen atoms in total. The zero-order valence-electron chi connectivity index (χ0n) is 23.8. The van der Waals surface area contributed by atoms with E-state index >= 15 is 0 Å². The summed E-state index contributed by atoms with van der Waals surface area (Å²) in [7, 11) is 0. The molecule has 0 N–H and O–H groups in total. The summed E-state index contributed by atoms with van der Waals surface area (Å²) >= 11 is 1.23. The molecular weight excluding hydrogens is 580 g/mol. The van der Waals surface area contributed by atoms with Crippen molar-refractivity contribution in [1.29, 1.82) is 0 Å². The lowest BCUT2D eigenvalue weighted by Gasteiger charge is -2.24. The Labute approximate surface area is 255 Å². The molecule has 0 radical (unpaired) electrons. The molecule has 3 aromatic carbocycles. The second-order valence-corrected chi connectivity index (χ2v) is 10.7. The van der Waals surface area contributed by atoms with Crippen LogP contribution in [0.15, 0.2) is 123 Å². The number of furan rings is 1. The number of esters is 2. The summed E-state index contributed by atoms with van der Waals surface area (Å²) in [5.41, 5.74) is 1.78. The number of rotatable bonds is 8. The van der Waals surface area contributed by atoms with Crippen molar-refractivity contribution < 1.29 is 28.2 Å². The molecule has 6 rings (SSSR count). The van der Waals surface area contributed by atoms with E-state index in [9.17, 15) is 14.4 Å². The van der Waals surface area contributed by atoms with Gasteiger partial charge < -0.3 is 18.6 Å². The zero-order valence-corrected chi connectivity index (χ0v) is 24.6. The van der Waals surface area contributed by atoms with Gasteiger partial charge in [0.05, 0.1) is 34.7 Å². The molecule has 44 heavy (non-hydrogen) atoms. The van der Waals surface area contributed by atoms with Crippen LogP contribution in [0.5, 0.6) is 17.2 Å². The van der Waals surface area contributed by atoms with Gasteiger partial charge in [-0.3, -0.25) is 9.36 Å². The number of aromatic nitrogens is 1. The number of benzene rings is 3. The molecule has 1 aliphatic heterocycles. The number of ether oxygens (including phenoxy) is 3. The van der Waals surface area contributed by atoms with Crippen molar-refractivity contribution in [3.63, 3.8) is 0 Å². The SMILES string of the molecule is CCOC(=O)C1=C(C)N=c2s/c(=C/c3cccc(Oc4ccccc4)c3)c(=O)n2[C@H]1c1ccc(OC(=O)c2ccco2)cc1. The molecule has 0 saturated carbocycles. The summed E-state index contributed by atoms with van der Waals surface area (Å²) < 4.78 is 23.8. The Kier molecular flexibility index (Phi) is 8.07. The minimum Gasteiger partial charge on any atom is -0.463 e. The normalized spacial score (nSPS) is 14.5. The summed E-state index contributed by atoms with van der Waals surface area (Å²) in [5, 5.41) is 0. The van der Waals surface area contributed by atoms with E-state index in [1.54, 1.807) is 50.3 Å². The van der Waals surface area contributed by atoms with Gasteiger partial charge in [0.15, 0.2) is 4.80 Å². The van der Waals surface area contributed by atoms with Gasteiger partial charge in [-0.05, 0) is 79.6 Å². The largest absolute Gasteiger partial charge is 0.463 e. The van der Waals surface area contributed by atoms with Crippen molar-refractivity contribution in [3.05, 3.63) is 145 Å². The molecule has 0 fully saturated rings. The average molecular weight is 607 g/mol. The predicted octanol–water partition coefficient (Wildman–Crippen LogP) is 5.40. The van der Waals surface area contributed by atoms with Gasteiger partial charge in [0, 0.05) is 0 Å². The van der Waals surface area contributed by atoms with Crippen LogP contribution in [0.2, 0.25) is 0 Å². The van der Waals surface area contributed by atoms with Crippen molar-refractivity contribution in [2.24, 2.45) is 4.99 Å². The Morgan fingerprint density at radius 1 is 0.932 bits per heavy atom. The van der Waals surface area contributed by atoms with Crippen LogP contribution in [0, 0.1) is 0 Å². The van der Waals surface area contributed by atoms with Crippen LogP contribution in [0.3, 0.4) is 0 Å². The van der Waals surface area contributed by atoms with E-state index in [1.165, 1.54) is 28.2 Å². The number of fused-ring (bicyclic) bond motifs is 1. The van der Waals surface area contributed by atoms with Crippen LogP contribution in [0.4, 0.5) is 0 Å². The fourth-order valence-electron chi connectivity index (χ4n) is 4.82. The predicted molar refractivity (Wildman–Crippen MR) is 163 cm³/mol. The maximum absolute atomic E-state index is 14.0. The molecular formula is C34H26N2O7S. The lowest BCUT2D eigenvalue weighted by atomic mass is 9.96. The van der Waals surface area contributed by atoms with E-state index in [2.05, 4.69) is 4.99 Å². The third-order valence-electron chi connectivity index (χ3n) is 6.78. The molecule has 1 atom stereocenters. The zero-order chi connectivity index (χ0) is 30.6. The molecule has 0 bridgehead atoms. The summed E-state index contributed by atoms with van der Waals surface area (Å²) in [4.78, 5) is 44.5. The van der Waals surface area contributed by atoms with Gasteiger partial charge in [0.1, 0.15) is 17.2 Å². The van der Waals surface area contributed by atoms with Crippen molar-refractivity contribution in [2.45, 2.75) is 19.9 Å². The first-order valence-electron chi connectivity index (χ1n) is 13.8. The van der Waals surface area contributed by atoms with E-state index in [-0.39, 0.29) is 29.2 Å². The highest BCUT2D eigenvalue weighted by molar-refractivity contribution is 7.07. The molecule has 0 spiro atoms. The van der Waals surface area contributed by atoms with Crippen LogP contribution in [-0.4, -0.2) is 23.1 Å². The Balaban J connectivity index is 1.38. The summed E-state index contributed by atoms with van der Waals surface area (Å²) in [6.07, 6.45) is 3.16. The van der Waals surface area contributed by atoms with Gasteiger partial charge in [0.2, 0.25) is 5.76 Å². The van der Waals surface area contributed by atoms with E-state index in [0.717, 1.165) is 5.56 Å². The number of carbonyl (C=O) groups is 2. The first-order chi connectivity index (χ1) is 21.4. The van der Waals surface area contributed by atoms with Gasteiger partial charge >= 0.3 is 11.9 Å². The van der Waals surface area contributed by atoms with Crippen LogP contribution < -0.4 is 24.4 Å². The third kappa shape index (κ3) is 5.88. The Hall–Kier alpha value is -5.48.